The maximum atomic E-state index is 12.8. The highest BCUT2D eigenvalue weighted by atomic mass is 16.5. The van der Waals surface area contributed by atoms with Crippen LogP contribution < -0.4 is 10.1 Å². The number of phenolic OH excluding ortho intramolecular Hbond substituents is 1. The second kappa shape index (κ2) is 9.59. The van der Waals surface area contributed by atoms with Crippen LogP contribution in [0.3, 0.4) is 0 Å². The summed E-state index contributed by atoms with van der Waals surface area (Å²) in [6.45, 7) is 12.7. The van der Waals surface area contributed by atoms with E-state index in [4.69, 9.17) is 4.74 Å². The number of hydrogen-bond acceptors (Lipinski definition) is 4. The molecule has 0 aliphatic rings. The van der Waals surface area contributed by atoms with E-state index in [1.165, 1.54) is 0 Å². The summed E-state index contributed by atoms with van der Waals surface area (Å²) in [6.07, 6.45) is 5.09. The van der Waals surface area contributed by atoms with Gasteiger partial charge < -0.3 is 15.2 Å². The van der Waals surface area contributed by atoms with Crippen molar-refractivity contribution in [2.45, 2.75) is 65.2 Å². The van der Waals surface area contributed by atoms with Crippen LogP contribution in [0.5, 0.6) is 11.5 Å². The number of benzene rings is 2. The Balaban J connectivity index is 2.64. The number of methoxy groups -OCH3 is 1. The molecule has 4 heteroatoms. The molecule has 2 aromatic rings. The minimum Gasteiger partial charge on any atom is -0.507 e. The summed E-state index contributed by atoms with van der Waals surface area (Å²) < 4.78 is 5.78. The molecule has 0 fully saturated rings. The number of rotatable bonds is 9. The average molecular weight is 424 g/mol. The molecule has 0 aromatic heterocycles. The normalized spacial score (nSPS) is 12.3. The molecule has 0 radical (unpaired) electrons. The standard InChI is InChI=1S/C27H37NO3/c1-9-26(3,4)21-17-19(25(31-8)23(24(21)30)27(5,6)10-2)13-16-22(29)18-11-14-20(28-7)15-12-18/h11-17,28,30H,9-10H2,1-8H3. The first-order chi connectivity index (χ1) is 14.5. The topological polar surface area (TPSA) is 58.6 Å². The Labute approximate surface area is 187 Å². The maximum Gasteiger partial charge on any atom is 0.185 e. The fourth-order valence-corrected chi connectivity index (χ4v) is 3.59. The highest BCUT2D eigenvalue weighted by Gasteiger charge is 2.33. The van der Waals surface area contributed by atoms with Crippen LogP contribution in [0.4, 0.5) is 5.69 Å². The van der Waals surface area contributed by atoms with Crippen molar-refractivity contribution in [2.24, 2.45) is 0 Å². The lowest BCUT2D eigenvalue weighted by atomic mass is 9.74. The fraction of sp³-hybridized carbons (Fsp3) is 0.444. The molecule has 0 amide bonds. The molecule has 0 heterocycles. The van der Waals surface area contributed by atoms with Gasteiger partial charge in [-0.05, 0) is 66.2 Å². The monoisotopic (exact) mass is 423 g/mol. The summed E-state index contributed by atoms with van der Waals surface area (Å²) in [4.78, 5) is 12.8. The van der Waals surface area contributed by atoms with Crippen LogP contribution in [0.15, 0.2) is 36.4 Å². The van der Waals surface area contributed by atoms with Crippen molar-refractivity contribution in [2.75, 3.05) is 19.5 Å². The van der Waals surface area contributed by atoms with E-state index in [1.54, 1.807) is 19.3 Å². The second-order valence-corrected chi connectivity index (χ2v) is 9.27. The van der Waals surface area contributed by atoms with Gasteiger partial charge in [-0.1, -0.05) is 41.5 Å². The number of carbonyl (C=O) groups is 1. The number of phenols is 1. The van der Waals surface area contributed by atoms with Crippen LogP contribution in [0.1, 0.15) is 81.4 Å². The highest BCUT2D eigenvalue weighted by molar-refractivity contribution is 6.07. The van der Waals surface area contributed by atoms with E-state index in [2.05, 4.69) is 46.9 Å². The molecular weight excluding hydrogens is 386 g/mol. The largest absolute Gasteiger partial charge is 0.507 e. The molecule has 0 atom stereocenters. The molecule has 2 rings (SSSR count). The van der Waals surface area contributed by atoms with E-state index in [9.17, 15) is 9.90 Å². The van der Waals surface area contributed by atoms with Gasteiger partial charge in [-0.25, -0.2) is 0 Å². The van der Waals surface area contributed by atoms with E-state index >= 15 is 0 Å². The molecule has 31 heavy (non-hydrogen) atoms. The van der Waals surface area contributed by atoms with Crippen molar-refractivity contribution in [1.82, 2.24) is 0 Å². The first-order valence-electron chi connectivity index (χ1n) is 11.0. The maximum absolute atomic E-state index is 12.8. The third-order valence-electron chi connectivity index (χ3n) is 6.53. The Morgan fingerprint density at radius 3 is 2.13 bits per heavy atom. The van der Waals surface area contributed by atoms with E-state index in [0.717, 1.165) is 35.2 Å². The smallest absolute Gasteiger partial charge is 0.185 e. The lowest BCUT2D eigenvalue weighted by Gasteiger charge is -2.32. The first-order valence-corrected chi connectivity index (χ1v) is 11.0. The molecule has 0 aliphatic heterocycles. The Kier molecular flexibility index (Phi) is 7.58. The summed E-state index contributed by atoms with van der Waals surface area (Å²) >= 11 is 0. The molecule has 0 spiro atoms. The molecule has 0 saturated carbocycles. The van der Waals surface area contributed by atoms with Gasteiger partial charge >= 0.3 is 0 Å². The number of hydrogen-bond donors (Lipinski definition) is 2. The molecule has 0 unspecified atom stereocenters. The third-order valence-corrected chi connectivity index (χ3v) is 6.53. The number of nitrogens with one attached hydrogen (secondary N) is 1. The van der Waals surface area contributed by atoms with Gasteiger partial charge in [0, 0.05) is 35.0 Å². The minimum absolute atomic E-state index is 0.0783. The Bertz CT molecular complexity index is 953. The second-order valence-electron chi connectivity index (χ2n) is 9.27. The molecule has 4 nitrogen and oxygen atoms in total. The molecule has 0 aliphatic carbocycles. The zero-order chi connectivity index (χ0) is 23.4. The predicted octanol–water partition coefficient (Wildman–Crippen LogP) is 6.71. The van der Waals surface area contributed by atoms with Gasteiger partial charge in [0.2, 0.25) is 0 Å². The van der Waals surface area contributed by atoms with Gasteiger partial charge in [-0.15, -0.1) is 0 Å². The Hall–Kier alpha value is -2.75. The van der Waals surface area contributed by atoms with E-state index in [1.807, 2.05) is 37.4 Å². The zero-order valence-electron chi connectivity index (χ0n) is 20.2. The van der Waals surface area contributed by atoms with Crippen molar-refractivity contribution < 1.29 is 14.6 Å². The van der Waals surface area contributed by atoms with Gasteiger partial charge in [-0.2, -0.15) is 0 Å². The lowest BCUT2D eigenvalue weighted by molar-refractivity contribution is 0.104. The van der Waals surface area contributed by atoms with Crippen LogP contribution in [0.25, 0.3) is 6.08 Å². The Morgan fingerprint density at radius 2 is 1.65 bits per heavy atom. The van der Waals surface area contributed by atoms with Crippen molar-refractivity contribution in [3.8, 4) is 11.5 Å². The average Bonchev–Trinajstić information content (AvgIpc) is 2.77. The molecule has 168 valence electrons. The predicted molar refractivity (Wildman–Crippen MR) is 131 cm³/mol. The van der Waals surface area contributed by atoms with Crippen molar-refractivity contribution >= 4 is 17.5 Å². The molecule has 0 bridgehead atoms. The van der Waals surface area contributed by atoms with Gasteiger partial charge in [0.15, 0.2) is 5.78 Å². The lowest BCUT2D eigenvalue weighted by Crippen LogP contribution is -2.22. The zero-order valence-corrected chi connectivity index (χ0v) is 20.2. The minimum atomic E-state index is -0.287. The molecule has 2 aromatic carbocycles. The van der Waals surface area contributed by atoms with Crippen LogP contribution >= 0.6 is 0 Å². The third kappa shape index (κ3) is 5.12. The number of allylic oxidation sites excluding steroid dienone is 1. The van der Waals surface area contributed by atoms with E-state index in [-0.39, 0.29) is 16.6 Å². The van der Waals surface area contributed by atoms with Gasteiger partial charge in [-0.3, -0.25) is 4.79 Å². The van der Waals surface area contributed by atoms with Crippen LogP contribution in [-0.4, -0.2) is 25.0 Å². The SMILES string of the molecule is CCC(C)(C)c1cc(C=CC(=O)c2ccc(NC)cc2)c(OC)c(C(C)(C)CC)c1O. The van der Waals surface area contributed by atoms with Crippen molar-refractivity contribution in [1.29, 1.82) is 0 Å². The Morgan fingerprint density at radius 1 is 1.06 bits per heavy atom. The summed E-state index contributed by atoms with van der Waals surface area (Å²) in [5, 5.41) is 14.3. The summed E-state index contributed by atoms with van der Waals surface area (Å²) in [5.74, 6) is 0.835. The number of carbonyl (C=O) groups excluding carboxylic acids is 1. The number of ether oxygens (including phenoxy) is 1. The number of aromatic hydroxyl groups is 1. The quantitative estimate of drug-likeness (QED) is 0.347. The first kappa shape index (κ1) is 24.5. The van der Waals surface area contributed by atoms with E-state index in [0.29, 0.717) is 17.1 Å². The van der Waals surface area contributed by atoms with Gasteiger partial charge in [0.25, 0.3) is 0 Å². The molecular formula is C27H37NO3. The van der Waals surface area contributed by atoms with E-state index < -0.39 is 0 Å². The highest BCUT2D eigenvalue weighted by Crippen LogP contribution is 2.48. The van der Waals surface area contributed by atoms with Crippen molar-refractivity contribution in [3.05, 3.63) is 58.7 Å². The van der Waals surface area contributed by atoms with Crippen LogP contribution in [0.2, 0.25) is 0 Å². The van der Waals surface area contributed by atoms with Crippen LogP contribution in [-0.2, 0) is 10.8 Å². The summed E-state index contributed by atoms with van der Waals surface area (Å²) in [6, 6.07) is 9.34. The van der Waals surface area contributed by atoms with Crippen LogP contribution in [0, 0.1) is 0 Å². The van der Waals surface area contributed by atoms with Crippen molar-refractivity contribution in [3.63, 3.8) is 0 Å². The summed E-state index contributed by atoms with van der Waals surface area (Å²) in [7, 11) is 3.46. The molecule has 0 saturated heterocycles. The van der Waals surface area contributed by atoms with Gasteiger partial charge in [0.05, 0.1) is 7.11 Å². The fourth-order valence-electron chi connectivity index (χ4n) is 3.59. The van der Waals surface area contributed by atoms with Gasteiger partial charge in [0.1, 0.15) is 11.5 Å². The number of anilines is 1. The summed E-state index contributed by atoms with van der Waals surface area (Å²) in [5.41, 5.74) is 3.54. The molecule has 2 N–H and O–H groups in total. The number of ketones is 1.